The van der Waals surface area contributed by atoms with E-state index in [2.05, 4.69) is 0 Å². The summed E-state index contributed by atoms with van der Waals surface area (Å²) in [4.78, 5) is 5.38. The van der Waals surface area contributed by atoms with Crippen molar-refractivity contribution >= 4 is 5.69 Å². The van der Waals surface area contributed by atoms with E-state index in [4.69, 9.17) is 9.94 Å². The third-order valence-corrected chi connectivity index (χ3v) is 2.61. The van der Waals surface area contributed by atoms with E-state index in [1.807, 2.05) is 30.3 Å². The molecule has 0 aliphatic carbocycles. The molecular formula is C11H15NO4. The van der Waals surface area contributed by atoms with Gasteiger partial charge < -0.3 is 15.3 Å². The number of hydrogen-bond donors (Lipinski definition) is 3. The third-order valence-electron chi connectivity index (χ3n) is 2.61. The fourth-order valence-corrected chi connectivity index (χ4v) is 1.70. The molecule has 16 heavy (non-hydrogen) atoms. The van der Waals surface area contributed by atoms with Crippen molar-refractivity contribution in [1.82, 2.24) is 0 Å². The number of benzene rings is 1. The lowest BCUT2D eigenvalue weighted by molar-refractivity contribution is -0.149. The zero-order chi connectivity index (χ0) is 11.5. The Morgan fingerprint density at radius 1 is 1.25 bits per heavy atom. The Morgan fingerprint density at radius 2 is 1.94 bits per heavy atom. The molecule has 0 spiro atoms. The van der Waals surface area contributed by atoms with E-state index in [0.29, 0.717) is 0 Å². The molecule has 1 aliphatic heterocycles. The van der Waals surface area contributed by atoms with Crippen molar-refractivity contribution in [2.45, 2.75) is 18.3 Å². The van der Waals surface area contributed by atoms with Crippen LogP contribution in [-0.2, 0) is 4.84 Å². The summed E-state index contributed by atoms with van der Waals surface area (Å²) in [6, 6.07) is 9.24. The Hall–Kier alpha value is -1.14. The lowest BCUT2D eigenvalue weighted by Gasteiger charge is -2.38. The van der Waals surface area contributed by atoms with Crippen LogP contribution in [-0.4, -0.2) is 46.8 Å². The topological polar surface area (TPSA) is 73.2 Å². The average Bonchev–Trinajstić information content (AvgIpc) is 2.33. The molecule has 1 fully saturated rings. The summed E-state index contributed by atoms with van der Waals surface area (Å²) in [5, 5.41) is 29.7. The van der Waals surface area contributed by atoms with E-state index in [1.165, 1.54) is 5.06 Å². The Labute approximate surface area is 93.5 Å². The number of β-amino-alcohol motifs (C(OH)–C–C–N with tert-alkyl or cyclic N) is 1. The van der Waals surface area contributed by atoms with Crippen LogP contribution >= 0.6 is 0 Å². The minimum absolute atomic E-state index is 0.182. The SMILES string of the molecule is OC[C@H]1ON(c2ccccc2)C[C@H](O)[C@@H]1O. The molecule has 1 aromatic rings. The molecule has 5 nitrogen and oxygen atoms in total. The van der Waals surface area contributed by atoms with Crippen molar-refractivity contribution in [2.24, 2.45) is 0 Å². The molecule has 5 heteroatoms. The number of nitrogens with zero attached hydrogens (tertiary/aromatic N) is 1. The van der Waals surface area contributed by atoms with Gasteiger partial charge in [0.05, 0.1) is 18.8 Å². The molecule has 2 rings (SSSR count). The second-order valence-electron chi connectivity index (χ2n) is 3.78. The molecule has 1 aliphatic rings. The van der Waals surface area contributed by atoms with Crippen LogP contribution in [0, 0.1) is 0 Å². The summed E-state index contributed by atoms with van der Waals surface area (Å²) in [5.74, 6) is 0. The van der Waals surface area contributed by atoms with Crippen molar-refractivity contribution in [2.75, 3.05) is 18.2 Å². The van der Waals surface area contributed by atoms with Crippen LogP contribution in [0.4, 0.5) is 5.69 Å². The van der Waals surface area contributed by atoms with Crippen LogP contribution in [0.25, 0.3) is 0 Å². The molecule has 0 radical (unpaired) electrons. The summed E-state index contributed by atoms with van der Waals surface area (Å²) in [6.07, 6.45) is -2.76. The van der Waals surface area contributed by atoms with E-state index >= 15 is 0 Å². The second kappa shape index (κ2) is 4.80. The fraction of sp³-hybridized carbons (Fsp3) is 0.455. The van der Waals surface area contributed by atoms with Crippen LogP contribution in [0.15, 0.2) is 30.3 Å². The first kappa shape index (κ1) is 11.3. The quantitative estimate of drug-likeness (QED) is 0.634. The van der Waals surface area contributed by atoms with Gasteiger partial charge in [-0.05, 0) is 12.1 Å². The average molecular weight is 225 g/mol. The molecule has 88 valence electrons. The monoisotopic (exact) mass is 225 g/mol. The van der Waals surface area contributed by atoms with Crippen molar-refractivity contribution in [3.05, 3.63) is 30.3 Å². The molecule has 0 unspecified atom stereocenters. The molecular weight excluding hydrogens is 210 g/mol. The van der Waals surface area contributed by atoms with Crippen molar-refractivity contribution in [1.29, 1.82) is 0 Å². The molecule has 3 atom stereocenters. The van der Waals surface area contributed by atoms with E-state index in [-0.39, 0.29) is 13.2 Å². The summed E-state index contributed by atoms with van der Waals surface area (Å²) in [5.41, 5.74) is 0.784. The summed E-state index contributed by atoms with van der Waals surface area (Å²) in [7, 11) is 0. The zero-order valence-electron chi connectivity index (χ0n) is 8.73. The van der Waals surface area contributed by atoms with Gasteiger partial charge in [0, 0.05) is 0 Å². The van der Waals surface area contributed by atoms with Gasteiger partial charge in [-0.15, -0.1) is 0 Å². The van der Waals surface area contributed by atoms with Crippen molar-refractivity contribution in [3.63, 3.8) is 0 Å². The van der Waals surface area contributed by atoms with Crippen molar-refractivity contribution < 1.29 is 20.2 Å². The van der Waals surface area contributed by atoms with Gasteiger partial charge in [0.25, 0.3) is 0 Å². The van der Waals surface area contributed by atoms with E-state index in [9.17, 15) is 10.2 Å². The second-order valence-corrected chi connectivity index (χ2v) is 3.78. The highest BCUT2D eigenvalue weighted by Gasteiger charge is 2.35. The van der Waals surface area contributed by atoms with Gasteiger partial charge >= 0.3 is 0 Å². The Bertz CT molecular complexity index is 332. The van der Waals surface area contributed by atoms with Gasteiger partial charge in [0.1, 0.15) is 18.3 Å². The third kappa shape index (κ3) is 2.17. The summed E-state index contributed by atoms with van der Waals surface area (Å²) < 4.78 is 0. The number of rotatable bonds is 2. The van der Waals surface area contributed by atoms with Crippen LogP contribution < -0.4 is 5.06 Å². The van der Waals surface area contributed by atoms with Crippen LogP contribution in [0.1, 0.15) is 0 Å². The predicted molar refractivity (Wildman–Crippen MR) is 57.8 cm³/mol. The lowest BCUT2D eigenvalue weighted by Crippen LogP contribution is -2.55. The number of anilines is 1. The summed E-state index contributed by atoms with van der Waals surface area (Å²) in [6.45, 7) is -0.150. The van der Waals surface area contributed by atoms with Gasteiger partial charge in [0.15, 0.2) is 0 Å². The molecule has 1 saturated heterocycles. The molecule has 0 aromatic heterocycles. The van der Waals surface area contributed by atoms with Gasteiger partial charge in [-0.2, -0.15) is 0 Å². The Balaban J connectivity index is 2.13. The molecule has 0 amide bonds. The molecule has 3 N–H and O–H groups in total. The first-order valence-corrected chi connectivity index (χ1v) is 5.18. The molecule has 1 aromatic carbocycles. The Kier molecular flexibility index (Phi) is 3.40. The fourth-order valence-electron chi connectivity index (χ4n) is 1.70. The maximum atomic E-state index is 9.63. The van der Waals surface area contributed by atoms with Gasteiger partial charge in [-0.1, -0.05) is 18.2 Å². The molecule has 0 saturated carbocycles. The maximum Gasteiger partial charge on any atom is 0.137 e. The van der Waals surface area contributed by atoms with Crippen LogP contribution in [0.5, 0.6) is 0 Å². The largest absolute Gasteiger partial charge is 0.393 e. The molecule has 1 heterocycles. The van der Waals surface area contributed by atoms with Crippen LogP contribution in [0.2, 0.25) is 0 Å². The van der Waals surface area contributed by atoms with E-state index in [0.717, 1.165) is 5.69 Å². The van der Waals surface area contributed by atoms with E-state index < -0.39 is 18.3 Å². The van der Waals surface area contributed by atoms with Gasteiger partial charge in [-0.3, -0.25) is 9.90 Å². The number of aliphatic hydroxyl groups is 3. The smallest absolute Gasteiger partial charge is 0.137 e. The van der Waals surface area contributed by atoms with Crippen molar-refractivity contribution in [3.8, 4) is 0 Å². The minimum atomic E-state index is -1.05. The number of hydroxylamine groups is 1. The number of hydrogen-bond acceptors (Lipinski definition) is 5. The Morgan fingerprint density at radius 3 is 2.56 bits per heavy atom. The van der Waals surface area contributed by atoms with E-state index in [1.54, 1.807) is 0 Å². The highest BCUT2D eigenvalue weighted by atomic mass is 16.7. The first-order valence-electron chi connectivity index (χ1n) is 5.18. The standard InChI is InChI=1S/C11H15NO4/c13-7-10-11(15)9(14)6-12(16-10)8-4-2-1-3-5-8/h1-5,9-11,13-15H,6-7H2/t9-,10+,11-/m0/s1. The maximum absolute atomic E-state index is 9.63. The van der Waals surface area contributed by atoms with Gasteiger partial charge in [0.2, 0.25) is 0 Å². The predicted octanol–water partition coefficient (Wildman–Crippen LogP) is -0.479. The highest BCUT2D eigenvalue weighted by Crippen LogP contribution is 2.22. The number of para-hydroxylation sites is 1. The minimum Gasteiger partial charge on any atom is -0.393 e. The number of aliphatic hydroxyl groups excluding tert-OH is 3. The summed E-state index contributed by atoms with van der Waals surface area (Å²) >= 11 is 0. The normalized spacial score (nSPS) is 30.4. The molecule has 0 bridgehead atoms. The van der Waals surface area contributed by atoms with Gasteiger partial charge in [-0.25, -0.2) is 0 Å². The lowest BCUT2D eigenvalue weighted by atomic mass is 10.1. The van der Waals surface area contributed by atoms with Crippen LogP contribution in [0.3, 0.4) is 0 Å². The highest BCUT2D eigenvalue weighted by molar-refractivity contribution is 5.43. The zero-order valence-corrected chi connectivity index (χ0v) is 8.73. The first-order chi connectivity index (χ1) is 7.72.